The number of allylic oxidation sites excluding steroid dienone is 1. The number of hydroxylamine groups is 1. The van der Waals surface area contributed by atoms with Crippen LogP contribution in [-0.2, 0) is 9.63 Å². The third-order valence-electron chi connectivity index (χ3n) is 9.98. The first-order valence-electron chi connectivity index (χ1n) is 12.1. The largest absolute Gasteiger partial charge is 0.325 e. The van der Waals surface area contributed by atoms with Gasteiger partial charge in [-0.2, -0.15) is 4.91 Å². The molecule has 5 aliphatic rings. The van der Waals surface area contributed by atoms with Crippen molar-refractivity contribution < 1.29 is 9.63 Å². The van der Waals surface area contributed by atoms with Crippen LogP contribution in [0.5, 0.6) is 0 Å². The van der Waals surface area contributed by atoms with Gasteiger partial charge in [-0.1, -0.05) is 25.1 Å². The van der Waals surface area contributed by atoms with E-state index in [-0.39, 0.29) is 34.9 Å². The summed E-state index contributed by atoms with van der Waals surface area (Å²) in [5.41, 5.74) is 10.3. The van der Waals surface area contributed by atoms with Gasteiger partial charge in [-0.15, -0.1) is 0 Å². The number of carbonyl (C=O) groups excluding carboxylic acids is 1. The number of nitrogens with two attached hydrogens (primary N) is 1. The van der Waals surface area contributed by atoms with Crippen LogP contribution < -0.4 is 11.2 Å². The van der Waals surface area contributed by atoms with Crippen LogP contribution in [0.1, 0.15) is 78.1 Å². The van der Waals surface area contributed by atoms with Crippen LogP contribution in [0.2, 0.25) is 0 Å². The normalized spacial score (nSPS) is 50.3. The van der Waals surface area contributed by atoms with E-state index in [1.54, 1.807) is 0 Å². The molecule has 0 saturated heterocycles. The quantitative estimate of drug-likeness (QED) is 0.529. The molecule has 3 N–H and O–H groups in total. The molecule has 5 aliphatic carbocycles. The molecule has 30 heavy (non-hydrogen) atoms. The fraction of sp³-hybridized carbons (Fsp3) is 0.875. The van der Waals surface area contributed by atoms with E-state index in [0.717, 1.165) is 69.9 Å². The van der Waals surface area contributed by atoms with Crippen molar-refractivity contribution >= 4 is 5.78 Å². The maximum Gasteiger partial charge on any atom is 0.139 e. The van der Waals surface area contributed by atoms with E-state index < -0.39 is 0 Å². The molecule has 9 atom stereocenters. The molecule has 0 aromatic heterocycles. The molecule has 0 heterocycles. The number of nitrogens with one attached hydrogen (secondary N) is 1. The lowest BCUT2D eigenvalue weighted by atomic mass is 9.45. The van der Waals surface area contributed by atoms with E-state index in [1.165, 1.54) is 0 Å². The van der Waals surface area contributed by atoms with Crippen LogP contribution in [0, 0.1) is 39.4 Å². The SMILES string of the molecule is C[C@]12CCC(NO[C@@H]3CCC[C@@H]3N)=CC1C(N=O)C[C@@H]1[C@@H]2CC[C@]2(C)C(=O)CC[C@@H]12. The topological polar surface area (TPSA) is 93.8 Å². The lowest BCUT2D eigenvalue weighted by molar-refractivity contribution is -0.136. The summed E-state index contributed by atoms with van der Waals surface area (Å²) >= 11 is 0. The predicted molar refractivity (Wildman–Crippen MR) is 115 cm³/mol. The zero-order valence-corrected chi connectivity index (χ0v) is 18.4. The maximum atomic E-state index is 12.6. The summed E-state index contributed by atoms with van der Waals surface area (Å²) in [5.74, 6) is 2.06. The van der Waals surface area contributed by atoms with Crippen molar-refractivity contribution in [3.8, 4) is 0 Å². The van der Waals surface area contributed by atoms with Crippen LogP contribution in [0.3, 0.4) is 0 Å². The van der Waals surface area contributed by atoms with E-state index in [1.807, 2.05) is 0 Å². The molecule has 4 saturated carbocycles. The Hall–Kier alpha value is -1.27. The lowest BCUT2D eigenvalue weighted by Crippen LogP contribution is -2.56. The molecule has 4 fully saturated rings. The second-order valence-electron chi connectivity index (χ2n) is 11.3. The standard InChI is InChI=1S/C24H37N3O3/c1-23-10-8-14(27-30-21-5-3-4-19(21)25)12-18(23)20(26-29)13-15-16-6-7-22(28)24(16,2)11-9-17(15)23/h12,15-21,27H,3-11,13,25H2,1-2H3/t15-,16-,17-,18?,19-,20?,21+,23+,24-/m0/s1. The van der Waals surface area contributed by atoms with Crippen LogP contribution in [-0.4, -0.2) is 24.0 Å². The van der Waals surface area contributed by atoms with Gasteiger partial charge in [0.2, 0.25) is 0 Å². The average molecular weight is 416 g/mol. The Kier molecular flexibility index (Phi) is 5.09. The first-order valence-corrected chi connectivity index (χ1v) is 12.1. The van der Waals surface area contributed by atoms with Gasteiger partial charge < -0.3 is 5.73 Å². The average Bonchev–Trinajstić information content (AvgIpc) is 3.28. The Bertz CT molecular complexity index is 754. The molecule has 0 bridgehead atoms. The Balaban J connectivity index is 1.37. The van der Waals surface area contributed by atoms with Crippen molar-refractivity contribution in [2.75, 3.05) is 0 Å². The number of carbonyl (C=O) groups is 1. The molecule has 0 aromatic carbocycles. The van der Waals surface area contributed by atoms with Crippen LogP contribution in [0.4, 0.5) is 0 Å². The molecule has 0 radical (unpaired) electrons. The van der Waals surface area contributed by atoms with Gasteiger partial charge in [0.05, 0.1) is 6.04 Å². The highest BCUT2D eigenvalue weighted by molar-refractivity contribution is 5.87. The summed E-state index contributed by atoms with van der Waals surface area (Å²) < 4.78 is 0. The number of ketones is 1. The highest BCUT2D eigenvalue weighted by Crippen LogP contribution is 2.65. The summed E-state index contributed by atoms with van der Waals surface area (Å²) in [6.45, 7) is 4.57. The summed E-state index contributed by atoms with van der Waals surface area (Å²) in [6.07, 6.45) is 12.1. The monoisotopic (exact) mass is 415 g/mol. The minimum Gasteiger partial charge on any atom is -0.325 e. The second kappa shape index (κ2) is 7.40. The first kappa shape index (κ1) is 20.6. The van der Waals surface area contributed by atoms with Crippen molar-refractivity contribution in [2.24, 2.45) is 45.4 Å². The number of Topliss-reactive ketones (excluding diaryl/α,β-unsaturated/α-hetero) is 1. The Morgan fingerprint density at radius 2 is 1.97 bits per heavy atom. The van der Waals surface area contributed by atoms with Gasteiger partial charge in [-0.3, -0.25) is 15.1 Å². The zero-order valence-electron chi connectivity index (χ0n) is 18.4. The highest BCUT2D eigenvalue weighted by atomic mass is 16.7. The van der Waals surface area contributed by atoms with Gasteiger partial charge >= 0.3 is 0 Å². The fourth-order valence-electron chi connectivity index (χ4n) is 8.12. The molecule has 0 aliphatic heterocycles. The Morgan fingerprint density at radius 1 is 1.13 bits per heavy atom. The van der Waals surface area contributed by atoms with E-state index >= 15 is 0 Å². The number of hydrogen-bond acceptors (Lipinski definition) is 6. The van der Waals surface area contributed by atoms with Crippen molar-refractivity contribution in [1.82, 2.24) is 5.48 Å². The minimum atomic E-state index is -0.208. The molecular formula is C24H37N3O3. The molecular weight excluding hydrogens is 378 g/mol. The van der Waals surface area contributed by atoms with E-state index in [4.69, 9.17) is 10.6 Å². The van der Waals surface area contributed by atoms with Gasteiger partial charge in [0, 0.05) is 29.5 Å². The third kappa shape index (κ3) is 3.01. The van der Waals surface area contributed by atoms with Gasteiger partial charge in [-0.05, 0) is 81.0 Å². The molecule has 6 nitrogen and oxygen atoms in total. The fourth-order valence-corrected chi connectivity index (χ4v) is 8.12. The summed E-state index contributed by atoms with van der Waals surface area (Å²) in [4.78, 5) is 30.5. The number of hydrogen-bond donors (Lipinski definition) is 2. The van der Waals surface area contributed by atoms with Gasteiger partial charge in [0.25, 0.3) is 0 Å². The predicted octanol–water partition coefficient (Wildman–Crippen LogP) is 4.24. The van der Waals surface area contributed by atoms with Crippen molar-refractivity contribution in [3.63, 3.8) is 0 Å². The third-order valence-corrected chi connectivity index (χ3v) is 9.98. The van der Waals surface area contributed by atoms with E-state index in [2.05, 4.69) is 30.6 Å². The van der Waals surface area contributed by atoms with Gasteiger partial charge in [0.1, 0.15) is 11.9 Å². The van der Waals surface area contributed by atoms with Crippen LogP contribution in [0.15, 0.2) is 16.9 Å². The highest BCUT2D eigenvalue weighted by Gasteiger charge is 2.61. The number of fused-ring (bicyclic) bond motifs is 5. The van der Waals surface area contributed by atoms with Gasteiger partial charge in [0.15, 0.2) is 0 Å². The van der Waals surface area contributed by atoms with Crippen molar-refractivity contribution in [1.29, 1.82) is 0 Å². The van der Waals surface area contributed by atoms with Crippen molar-refractivity contribution in [2.45, 2.75) is 96.2 Å². The molecule has 2 unspecified atom stereocenters. The first-order chi connectivity index (χ1) is 14.4. The molecule has 0 amide bonds. The van der Waals surface area contributed by atoms with Crippen LogP contribution >= 0.6 is 0 Å². The van der Waals surface area contributed by atoms with Crippen molar-refractivity contribution in [3.05, 3.63) is 16.7 Å². The summed E-state index contributed by atoms with van der Waals surface area (Å²) in [5, 5.41) is 3.64. The van der Waals surface area contributed by atoms with Crippen LogP contribution in [0.25, 0.3) is 0 Å². The maximum absolute atomic E-state index is 12.6. The number of nitroso groups, excluding NO2 is 1. The molecule has 0 aromatic rings. The lowest BCUT2D eigenvalue weighted by Gasteiger charge is -2.59. The minimum absolute atomic E-state index is 0.0728. The smallest absolute Gasteiger partial charge is 0.139 e. The summed E-state index contributed by atoms with van der Waals surface area (Å²) in [7, 11) is 0. The Labute approximate surface area is 179 Å². The summed E-state index contributed by atoms with van der Waals surface area (Å²) in [6, 6.07) is -0.0994. The number of nitrogens with zero attached hydrogens (tertiary/aromatic N) is 1. The van der Waals surface area contributed by atoms with E-state index in [0.29, 0.717) is 23.5 Å². The van der Waals surface area contributed by atoms with Gasteiger partial charge in [-0.25, -0.2) is 0 Å². The molecule has 5 rings (SSSR count). The zero-order chi connectivity index (χ0) is 21.1. The molecule has 6 heteroatoms. The molecule has 166 valence electrons. The second-order valence-corrected chi connectivity index (χ2v) is 11.3. The van der Waals surface area contributed by atoms with E-state index in [9.17, 15) is 9.70 Å². The Morgan fingerprint density at radius 3 is 2.70 bits per heavy atom. The number of rotatable bonds is 4. The molecule has 0 spiro atoms.